The van der Waals surface area contributed by atoms with E-state index < -0.39 is 0 Å². The fourth-order valence-electron chi connectivity index (χ4n) is 3.81. The molecule has 1 N–H and O–H groups in total. The minimum absolute atomic E-state index is 0.527. The largest absolute Gasteiger partial charge is 0.497 e. The molecule has 0 aromatic heterocycles. The van der Waals surface area contributed by atoms with E-state index in [9.17, 15) is 0 Å². The van der Waals surface area contributed by atoms with Crippen molar-refractivity contribution < 1.29 is 18.9 Å². The summed E-state index contributed by atoms with van der Waals surface area (Å²) in [5.74, 6) is 4.45. The lowest BCUT2D eigenvalue weighted by atomic mass is 10.1. The summed E-state index contributed by atoms with van der Waals surface area (Å²) in [4.78, 5) is 2.40. The van der Waals surface area contributed by atoms with Gasteiger partial charge in [-0.1, -0.05) is 0 Å². The van der Waals surface area contributed by atoms with Gasteiger partial charge in [0.2, 0.25) is 0 Å². The molecule has 1 saturated heterocycles. The molecule has 0 amide bonds. The van der Waals surface area contributed by atoms with Crippen LogP contribution in [0.4, 0.5) is 5.69 Å². The van der Waals surface area contributed by atoms with Gasteiger partial charge in [0.1, 0.15) is 28.7 Å². The second-order valence-corrected chi connectivity index (χ2v) is 7.87. The van der Waals surface area contributed by atoms with Gasteiger partial charge < -0.3 is 29.1 Å². The molecule has 1 fully saturated rings. The molecule has 1 aliphatic rings. The average Bonchev–Trinajstić information content (AvgIpc) is 3.24. The standard InChI is InChI=1S/C25H29BN2O4/c1-29-19-5-9-21(10-6-19)31-23-13-14-24(27-17-18-4-3-15-28(18)26)25(16-23)32-22-11-7-20(30-2)8-12-22/h5-14,16,18,27H,3-4,15,17,26H2,1-2H3/t18-/m0/s1. The van der Waals surface area contributed by atoms with Crippen molar-refractivity contribution in [3.05, 3.63) is 66.7 Å². The minimum Gasteiger partial charge on any atom is -0.497 e. The Morgan fingerprint density at radius 3 is 1.94 bits per heavy atom. The summed E-state index contributed by atoms with van der Waals surface area (Å²) < 4.78 is 22.8. The molecule has 0 aliphatic carbocycles. The van der Waals surface area contributed by atoms with E-state index in [4.69, 9.17) is 18.9 Å². The average molecular weight is 432 g/mol. The first-order chi connectivity index (χ1) is 15.6. The normalized spacial score (nSPS) is 15.9. The molecule has 1 atom stereocenters. The summed E-state index contributed by atoms with van der Waals surface area (Å²) >= 11 is 0. The molecule has 32 heavy (non-hydrogen) atoms. The number of ether oxygens (including phenoxy) is 4. The van der Waals surface area contributed by atoms with E-state index in [1.165, 1.54) is 12.8 Å². The van der Waals surface area contributed by atoms with E-state index in [0.29, 0.717) is 17.5 Å². The van der Waals surface area contributed by atoms with Crippen LogP contribution in [0.3, 0.4) is 0 Å². The Labute approximate surface area is 190 Å². The number of rotatable bonds is 9. The summed E-state index contributed by atoms with van der Waals surface area (Å²) in [6.07, 6.45) is 2.45. The van der Waals surface area contributed by atoms with E-state index >= 15 is 0 Å². The molecule has 166 valence electrons. The first-order valence-corrected chi connectivity index (χ1v) is 10.9. The summed E-state index contributed by atoms with van der Waals surface area (Å²) in [6.45, 7) is 2.02. The van der Waals surface area contributed by atoms with Crippen LogP contribution < -0.4 is 24.3 Å². The molecule has 1 aliphatic heterocycles. The Morgan fingerprint density at radius 2 is 1.38 bits per heavy atom. The van der Waals surface area contributed by atoms with Crippen molar-refractivity contribution in [3.8, 4) is 34.5 Å². The number of hydrogen-bond donors (Lipinski definition) is 1. The minimum atomic E-state index is 0.527. The molecule has 0 unspecified atom stereocenters. The molecule has 3 aromatic rings. The van der Waals surface area contributed by atoms with E-state index in [1.54, 1.807) is 14.2 Å². The summed E-state index contributed by atoms with van der Waals surface area (Å²) in [5.41, 5.74) is 0.934. The number of nitrogens with zero attached hydrogens (tertiary/aromatic N) is 1. The highest BCUT2D eigenvalue weighted by atomic mass is 16.5. The van der Waals surface area contributed by atoms with Crippen LogP contribution in [0.1, 0.15) is 12.8 Å². The van der Waals surface area contributed by atoms with Crippen LogP contribution in [-0.4, -0.2) is 46.1 Å². The van der Waals surface area contributed by atoms with Crippen LogP contribution in [0.2, 0.25) is 0 Å². The van der Waals surface area contributed by atoms with Gasteiger partial charge >= 0.3 is 0 Å². The van der Waals surface area contributed by atoms with Crippen LogP contribution in [0, 0.1) is 0 Å². The number of nitrogens with one attached hydrogen (secondary N) is 1. The molecule has 0 bridgehead atoms. The lowest BCUT2D eigenvalue weighted by Gasteiger charge is -2.22. The highest BCUT2D eigenvalue weighted by molar-refractivity contribution is 6.04. The Hall–Kier alpha value is -3.32. The van der Waals surface area contributed by atoms with Crippen molar-refractivity contribution >= 4 is 13.7 Å². The van der Waals surface area contributed by atoms with Crippen LogP contribution >= 0.6 is 0 Å². The quantitative estimate of drug-likeness (QED) is 0.495. The van der Waals surface area contributed by atoms with Crippen molar-refractivity contribution in [1.29, 1.82) is 0 Å². The topological polar surface area (TPSA) is 52.2 Å². The fourth-order valence-corrected chi connectivity index (χ4v) is 3.81. The second kappa shape index (κ2) is 10.3. The van der Waals surface area contributed by atoms with E-state index in [-0.39, 0.29) is 0 Å². The summed E-state index contributed by atoms with van der Waals surface area (Å²) in [7, 11) is 5.48. The molecule has 0 radical (unpaired) electrons. The molecule has 0 spiro atoms. The number of anilines is 1. The van der Waals surface area contributed by atoms with Gasteiger partial charge in [0.05, 0.1) is 19.9 Å². The lowest BCUT2D eigenvalue weighted by molar-refractivity contribution is 0.412. The Balaban J connectivity index is 1.54. The number of benzene rings is 3. The highest BCUT2D eigenvalue weighted by Gasteiger charge is 2.20. The fraction of sp³-hybridized carbons (Fsp3) is 0.280. The van der Waals surface area contributed by atoms with Gasteiger partial charge in [-0.2, -0.15) is 0 Å². The predicted octanol–water partition coefficient (Wildman–Crippen LogP) is 4.71. The Morgan fingerprint density at radius 1 is 0.812 bits per heavy atom. The van der Waals surface area contributed by atoms with Gasteiger partial charge in [0, 0.05) is 18.7 Å². The lowest BCUT2D eigenvalue weighted by Crippen LogP contribution is -2.32. The molecular weight excluding hydrogens is 403 g/mol. The van der Waals surface area contributed by atoms with E-state index in [1.807, 2.05) is 66.7 Å². The zero-order chi connectivity index (χ0) is 22.3. The van der Waals surface area contributed by atoms with Gasteiger partial charge in [-0.15, -0.1) is 0 Å². The molecule has 7 heteroatoms. The van der Waals surface area contributed by atoms with Crippen molar-refractivity contribution in [2.24, 2.45) is 0 Å². The van der Waals surface area contributed by atoms with Crippen LogP contribution in [0.25, 0.3) is 0 Å². The molecule has 4 rings (SSSR count). The van der Waals surface area contributed by atoms with Gasteiger partial charge in [0.15, 0.2) is 13.7 Å². The maximum Gasteiger partial charge on any atom is 0.185 e. The highest BCUT2D eigenvalue weighted by Crippen LogP contribution is 2.36. The maximum absolute atomic E-state index is 6.23. The van der Waals surface area contributed by atoms with Crippen molar-refractivity contribution in [2.75, 3.05) is 32.6 Å². The van der Waals surface area contributed by atoms with Gasteiger partial charge in [-0.25, -0.2) is 0 Å². The van der Waals surface area contributed by atoms with Gasteiger partial charge in [-0.3, -0.25) is 0 Å². The third kappa shape index (κ3) is 5.48. The second-order valence-electron chi connectivity index (χ2n) is 7.87. The number of methoxy groups -OCH3 is 2. The Bertz CT molecular complexity index is 1010. The monoisotopic (exact) mass is 432 g/mol. The number of hydrogen-bond acceptors (Lipinski definition) is 6. The van der Waals surface area contributed by atoms with E-state index in [2.05, 4.69) is 18.1 Å². The first kappa shape index (κ1) is 21.9. The molecule has 6 nitrogen and oxygen atoms in total. The van der Waals surface area contributed by atoms with Crippen LogP contribution in [0.15, 0.2) is 66.7 Å². The van der Waals surface area contributed by atoms with Gasteiger partial charge in [0.25, 0.3) is 0 Å². The predicted molar refractivity (Wildman–Crippen MR) is 129 cm³/mol. The van der Waals surface area contributed by atoms with Gasteiger partial charge in [-0.05, 0) is 80.1 Å². The first-order valence-electron chi connectivity index (χ1n) is 10.9. The summed E-state index contributed by atoms with van der Waals surface area (Å²) in [5, 5.41) is 3.57. The molecule has 0 saturated carbocycles. The van der Waals surface area contributed by atoms with Crippen LogP contribution in [0.5, 0.6) is 34.5 Å². The Kier molecular flexibility index (Phi) is 7.07. The van der Waals surface area contributed by atoms with Crippen molar-refractivity contribution in [3.63, 3.8) is 0 Å². The van der Waals surface area contributed by atoms with Crippen molar-refractivity contribution in [2.45, 2.75) is 18.9 Å². The molecular formula is C25H29BN2O4. The SMILES string of the molecule is BN1CCC[C@H]1CNc1ccc(Oc2ccc(OC)cc2)cc1Oc1ccc(OC)cc1. The maximum atomic E-state index is 6.23. The van der Waals surface area contributed by atoms with Crippen molar-refractivity contribution in [1.82, 2.24) is 4.81 Å². The molecule has 3 aromatic carbocycles. The van der Waals surface area contributed by atoms with Crippen LogP contribution in [-0.2, 0) is 0 Å². The third-order valence-corrected chi connectivity index (χ3v) is 5.74. The molecule has 1 heterocycles. The third-order valence-electron chi connectivity index (χ3n) is 5.74. The van der Waals surface area contributed by atoms with E-state index in [0.717, 1.165) is 41.8 Å². The zero-order valence-corrected chi connectivity index (χ0v) is 18.8. The smallest absolute Gasteiger partial charge is 0.185 e. The summed E-state index contributed by atoms with van der Waals surface area (Å²) in [6, 6.07) is 21.5. The zero-order valence-electron chi connectivity index (χ0n) is 18.8.